The van der Waals surface area contributed by atoms with E-state index in [0.717, 1.165) is 33.5 Å². The Morgan fingerprint density at radius 3 is 2.29 bits per heavy atom. The monoisotopic (exact) mass is 369 g/mol. The minimum absolute atomic E-state index is 0.177. The number of hydrogen-bond donors (Lipinski definition) is 2. The van der Waals surface area contributed by atoms with Crippen molar-refractivity contribution in [3.05, 3.63) is 89.7 Å². The number of aromatic hydroxyl groups is 2. The summed E-state index contributed by atoms with van der Waals surface area (Å²) in [5, 5.41) is 19.6. The van der Waals surface area contributed by atoms with E-state index in [0.29, 0.717) is 17.7 Å². The van der Waals surface area contributed by atoms with Gasteiger partial charge in [0.15, 0.2) is 0 Å². The Hall–Kier alpha value is -3.66. The molecule has 0 fully saturated rings. The van der Waals surface area contributed by atoms with Gasteiger partial charge in [-0.25, -0.2) is 9.37 Å². The van der Waals surface area contributed by atoms with Crippen LogP contribution in [-0.2, 0) is 6.42 Å². The van der Waals surface area contributed by atoms with E-state index in [1.165, 1.54) is 6.07 Å². The molecule has 3 nitrogen and oxygen atoms in total. The van der Waals surface area contributed by atoms with Gasteiger partial charge in [-0.3, -0.25) is 0 Å². The fourth-order valence-corrected chi connectivity index (χ4v) is 3.81. The van der Waals surface area contributed by atoms with Gasteiger partial charge in [-0.2, -0.15) is 0 Å². The van der Waals surface area contributed by atoms with E-state index in [1.807, 2.05) is 24.3 Å². The summed E-state index contributed by atoms with van der Waals surface area (Å²) in [5.74, 6) is 0.0357. The molecule has 5 rings (SSSR count). The fourth-order valence-electron chi connectivity index (χ4n) is 3.81. The molecule has 4 heteroatoms. The highest BCUT2D eigenvalue weighted by Gasteiger charge is 2.25. The SMILES string of the molecule is Oc1ccc(-c2cc(-c3ccccc3F)nc3c2Cc2ccc(O)cc2-3)cc1. The first-order valence-corrected chi connectivity index (χ1v) is 9.00. The van der Waals surface area contributed by atoms with Crippen molar-refractivity contribution in [1.29, 1.82) is 0 Å². The van der Waals surface area contributed by atoms with E-state index in [9.17, 15) is 14.6 Å². The number of pyridine rings is 1. The first-order valence-electron chi connectivity index (χ1n) is 9.00. The van der Waals surface area contributed by atoms with E-state index < -0.39 is 0 Å². The van der Waals surface area contributed by atoms with E-state index in [1.54, 1.807) is 42.5 Å². The molecule has 1 aromatic heterocycles. The van der Waals surface area contributed by atoms with Crippen molar-refractivity contribution in [2.24, 2.45) is 0 Å². The van der Waals surface area contributed by atoms with Gasteiger partial charge >= 0.3 is 0 Å². The molecule has 0 aliphatic heterocycles. The third kappa shape index (κ3) is 2.62. The lowest BCUT2D eigenvalue weighted by Gasteiger charge is -2.13. The first-order chi connectivity index (χ1) is 13.6. The molecular formula is C24H16FNO2. The van der Waals surface area contributed by atoms with Gasteiger partial charge < -0.3 is 10.2 Å². The van der Waals surface area contributed by atoms with E-state index in [2.05, 4.69) is 0 Å². The molecule has 1 heterocycles. The van der Waals surface area contributed by atoms with Crippen molar-refractivity contribution in [3.63, 3.8) is 0 Å². The lowest BCUT2D eigenvalue weighted by atomic mass is 9.96. The average Bonchev–Trinajstić information content (AvgIpc) is 3.06. The summed E-state index contributed by atoms with van der Waals surface area (Å²) in [6.07, 6.45) is 0.686. The third-order valence-corrected chi connectivity index (χ3v) is 5.17. The van der Waals surface area contributed by atoms with Crippen LogP contribution in [0.1, 0.15) is 11.1 Å². The van der Waals surface area contributed by atoms with E-state index >= 15 is 0 Å². The summed E-state index contributed by atoms with van der Waals surface area (Å²) in [4.78, 5) is 4.77. The molecule has 0 radical (unpaired) electrons. The van der Waals surface area contributed by atoms with Crippen LogP contribution in [-0.4, -0.2) is 15.2 Å². The molecule has 1 aliphatic rings. The molecular weight excluding hydrogens is 353 g/mol. The predicted molar refractivity (Wildman–Crippen MR) is 107 cm³/mol. The Labute approximate surface area is 161 Å². The van der Waals surface area contributed by atoms with Gasteiger partial charge in [0.25, 0.3) is 0 Å². The normalized spacial score (nSPS) is 11.9. The minimum atomic E-state index is -0.333. The van der Waals surface area contributed by atoms with Crippen LogP contribution in [0.15, 0.2) is 72.8 Å². The van der Waals surface area contributed by atoms with E-state index in [4.69, 9.17) is 4.98 Å². The van der Waals surface area contributed by atoms with Gasteiger partial charge in [0.1, 0.15) is 17.3 Å². The minimum Gasteiger partial charge on any atom is -0.508 e. The van der Waals surface area contributed by atoms with Crippen LogP contribution in [0.4, 0.5) is 4.39 Å². The van der Waals surface area contributed by atoms with Gasteiger partial charge in [-0.05, 0) is 64.7 Å². The van der Waals surface area contributed by atoms with Crippen LogP contribution in [0, 0.1) is 5.82 Å². The summed E-state index contributed by atoms with van der Waals surface area (Å²) in [6, 6.07) is 20.7. The molecule has 0 saturated heterocycles. The number of benzene rings is 3. The molecule has 1 aliphatic carbocycles. The number of halogens is 1. The highest BCUT2D eigenvalue weighted by atomic mass is 19.1. The summed E-state index contributed by atoms with van der Waals surface area (Å²) >= 11 is 0. The molecule has 0 unspecified atom stereocenters. The number of hydrogen-bond acceptors (Lipinski definition) is 3. The number of phenols is 2. The second kappa shape index (κ2) is 6.20. The Kier molecular flexibility index (Phi) is 3.66. The van der Waals surface area contributed by atoms with E-state index in [-0.39, 0.29) is 17.3 Å². The molecule has 0 saturated carbocycles. The molecule has 0 amide bonds. The molecule has 0 atom stereocenters. The van der Waals surface area contributed by atoms with Crippen LogP contribution in [0.3, 0.4) is 0 Å². The van der Waals surface area contributed by atoms with Gasteiger partial charge in [0.2, 0.25) is 0 Å². The highest BCUT2D eigenvalue weighted by Crippen LogP contribution is 2.43. The average molecular weight is 369 g/mol. The highest BCUT2D eigenvalue weighted by molar-refractivity contribution is 5.86. The fraction of sp³-hybridized carbons (Fsp3) is 0.0417. The maximum Gasteiger partial charge on any atom is 0.132 e. The maximum absolute atomic E-state index is 14.5. The first kappa shape index (κ1) is 16.5. The zero-order valence-corrected chi connectivity index (χ0v) is 14.9. The zero-order valence-electron chi connectivity index (χ0n) is 14.9. The quantitative estimate of drug-likeness (QED) is 0.430. The van der Waals surface area contributed by atoms with Crippen molar-refractivity contribution < 1.29 is 14.6 Å². The van der Waals surface area contributed by atoms with Gasteiger partial charge in [0.05, 0.1) is 11.4 Å². The van der Waals surface area contributed by atoms with Crippen LogP contribution in [0.5, 0.6) is 11.5 Å². The number of phenolic OH excluding ortho intramolecular Hbond substituents is 2. The Bertz CT molecular complexity index is 1220. The van der Waals surface area contributed by atoms with Crippen LogP contribution >= 0.6 is 0 Å². The molecule has 3 aromatic carbocycles. The smallest absolute Gasteiger partial charge is 0.132 e. The topological polar surface area (TPSA) is 53.4 Å². The van der Waals surface area contributed by atoms with Crippen LogP contribution < -0.4 is 0 Å². The zero-order chi connectivity index (χ0) is 19.3. The van der Waals surface area contributed by atoms with Crippen molar-refractivity contribution in [3.8, 4) is 45.1 Å². The van der Waals surface area contributed by atoms with Gasteiger partial charge in [-0.15, -0.1) is 0 Å². The lowest BCUT2D eigenvalue weighted by Crippen LogP contribution is -1.95. The Balaban J connectivity index is 1.80. The molecule has 136 valence electrons. The lowest BCUT2D eigenvalue weighted by molar-refractivity contribution is 0.475. The van der Waals surface area contributed by atoms with Crippen LogP contribution in [0.2, 0.25) is 0 Å². The number of fused-ring (bicyclic) bond motifs is 3. The van der Waals surface area contributed by atoms with Crippen molar-refractivity contribution in [1.82, 2.24) is 4.98 Å². The number of nitrogens with zero attached hydrogens (tertiary/aromatic N) is 1. The summed E-state index contributed by atoms with van der Waals surface area (Å²) in [7, 11) is 0. The van der Waals surface area contributed by atoms with Gasteiger partial charge in [-0.1, -0.05) is 30.3 Å². The second-order valence-electron chi connectivity index (χ2n) is 6.93. The summed E-state index contributed by atoms with van der Waals surface area (Å²) < 4.78 is 14.5. The molecule has 0 spiro atoms. The summed E-state index contributed by atoms with van der Waals surface area (Å²) in [6.45, 7) is 0. The standard InChI is InChI=1S/C24H16FNO2/c25-22-4-2-1-3-18(22)23-13-19(14-5-8-16(27)9-6-14)21-11-15-7-10-17(28)12-20(15)24(21)26-23/h1-10,12-13,27-28H,11H2. The van der Waals surface area contributed by atoms with Crippen molar-refractivity contribution in [2.45, 2.75) is 6.42 Å². The van der Waals surface area contributed by atoms with Gasteiger partial charge in [0, 0.05) is 17.5 Å². The van der Waals surface area contributed by atoms with Crippen molar-refractivity contribution >= 4 is 0 Å². The largest absolute Gasteiger partial charge is 0.508 e. The second-order valence-corrected chi connectivity index (χ2v) is 6.93. The van der Waals surface area contributed by atoms with Crippen molar-refractivity contribution in [2.75, 3.05) is 0 Å². The summed E-state index contributed by atoms with van der Waals surface area (Å²) in [5.41, 5.74) is 6.57. The Morgan fingerprint density at radius 2 is 1.50 bits per heavy atom. The predicted octanol–water partition coefficient (Wildman–Crippen LogP) is 5.54. The number of aromatic nitrogens is 1. The van der Waals surface area contributed by atoms with Crippen LogP contribution in [0.25, 0.3) is 33.6 Å². The Morgan fingerprint density at radius 1 is 0.750 bits per heavy atom. The third-order valence-electron chi connectivity index (χ3n) is 5.17. The molecule has 2 N–H and O–H groups in total. The number of rotatable bonds is 2. The molecule has 0 bridgehead atoms. The molecule has 4 aromatic rings. The molecule has 28 heavy (non-hydrogen) atoms. The maximum atomic E-state index is 14.5.